The second-order valence-electron chi connectivity index (χ2n) is 6.99. The summed E-state index contributed by atoms with van der Waals surface area (Å²) < 4.78 is 5.67. The maximum atomic E-state index is 12.9. The van der Waals surface area contributed by atoms with Gasteiger partial charge in [0.05, 0.1) is 0 Å². The Labute approximate surface area is 171 Å². The van der Waals surface area contributed by atoms with Crippen molar-refractivity contribution in [3.8, 4) is 0 Å². The Morgan fingerprint density at radius 1 is 0.690 bits per heavy atom. The fourth-order valence-corrected chi connectivity index (χ4v) is 3.50. The van der Waals surface area contributed by atoms with Gasteiger partial charge in [-0.2, -0.15) is 0 Å². The maximum Gasteiger partial charge on any atom is 0.334 e. The number of carbonyl (C=O) groups is 1. The number of carbonyl (C=O) groups excluding carboxylic acids is 1. The molecular weight excluding hydrogens is 356 g/mol. The molecule has 0 saturated carbocycles. The molecule has 0 aliphatic heterocycles. The van der Waals surface area contributed by atoms with Crippen LogP contribution in [0.25, 0.3) is 16.3 Å². The minimum atomic E-state index is -0.305. The highest BCUT2D eigenvalue weighted by atomic mass is 16.5. The lowest BCUT2D eigenvalue weighted by Crippen LogP contribution is -2.09. The highest BCUT2D eigenvalue weighted by Gasteiger charge is 2.16. The van der Waals surface area contributed by atoms with E-state index in [9.17, 15) is 4.79 Å². The zero-order valence-corrected chi connectivity index (χ0v) is 16.3. The summed E-state index contributed by atoms with van der Waals surface area (Å²) >= 11 is 0. The molecule has 0 amide bonds. The lowest BCUT2D eigenvalue weighted by atomic mass is 9.93. The minimum Gasteiger partial charge on any atom is -0.457 e. The Morgan fingerprint density at radius 3 is 1.86 bits per heavy atom. The van der Waals surface area contributed by atoms with Gasteiger partial charge in [-0.3, -0.25) is 0 Å². The predicted octanol–water partition coefficient (Wildman–Crippen LogP) is 6.41. The molecule has 0 atom stereocenters. The molecule has 4 aromatic carbocycles. The van der Waals surface area contributed by atoms with Gasteiger partial charge in [0, 0.05) is 5.57 Å². The van der Waals surface area contributed by atoms with Gasteiger partial charge in [0.25, 0.3) is 0 Å². The van der Waals surface area contributed by atoms with Crippen molar-refractivity contribution in [2.75, 3.05) is 0 Å². The van der Waals surface area contributed by atoms with Crippen LogP contribution in [0.15, 0.2) is 109 Å². The monoisotopic (exact) mass is 378 g/mol. The van der Waals surface area contributed by atoms with Crippen molar-refractivity contribution >= 4 is 22.3 Å². The van der Waals surface area contributed by atoms with Gasteiger partial charge in [0.2, 0.25) is 0 Å². The Morgan fingerprint density at radius 2 is 1.24 bits per heavy atom. The second kappa shape index (κ2) is 8.57. The minimum absolute atomic E-state index is 0.248. The highest BCUT2D eigenvalue weighted by molar-refractivity contribution is 6.01. The van der Waals surface area contributed by atoms with Gasteiger partial charge in [0.15, 0.2) is 0 Å². The molecule has 0 aliphatic carbocycles. The van der Waals surface area contributed by atoms with E-state index in [-0.39, 0.29) is 12.6 Å². The van der Waals surface area contributed by atoms with Crippen molar-refractivity contribution in [3.63, 3.8) is 0 Å². The van der Waals surface area contributed by atoms with Crippen LogP contribution in [0.4, 0.5) is 0 Å². The summed E-state index contributed by atoms with van der Waals surface area (Å²) in [6.07, 6.45) is 0. The molecule has 0 radical (unpaired) electrons. The van der Waals surface area contributed by atoms with Gasteiger partial charge < -0.3 is 4.74 Å². The number of hydrogen-bond donors (Lipinski definition) is 0. The molecule has 0 unspecified atom stereocenters. The van der Waals surface area contributed by atoms with Crippen molar-refractivity contribution < 1.29 is 9.53 Å². The van der Waals surface area contributed by atoms with Crippen LogP contribution in [-0.4, -0.2) is 5.97 Å². The van der Waals surface area contributed by atoms with E-state index in [1.54, 1.807) is 0 Å². The smallest absolute Gasteiger partial charge is 0.334 e. The van der Waals surface area contributed by atoms with Crippen LogP contribution in [0.5, 0.6) is 0 Å². The normalized spacial score (nSPS) is 10.5. The first kappa shape index (κ1) is 18.7. The fourth-order valence-electron chi connectivity index (χ4n) is 3.50. The average Bonchev–Trinajstić information content (AvgIpc) is 2.79. The Hall–Kier alpha value is -3.65. The summed E-state index contributed by atoms with van der Waals surface area (Å²) in [6.45, 7) is 2.08. The van der Waals surface area contributed by atoms with E-state index in [1.165, 1.54) is 5.39 Å². The molecule has 2 heteroatoms. The molecule has 0 N–H and O–H groups in total. The predicted molar refractivity (Wildman–Crippen MR) is 118 cm³/mol. The summed E-state index contributed by atoms with van der Waals surface area (Å²) in [4.78, 5) is 12.9. The van der Waals surface area contributed by atoms with Crippen LogP contribution >= 0.6 is 0 Å². The van der Waals surface area contributed by atoms with E-state index < -0.39 is 0 Å². The summed E-state index contributed by atoms with van der Waals surface area (Å²) in [5.74, 6) is -0.305. The average molecular weight is 378 g/mol. The molecule has 4 rings (SSSR count). The summed E-state index contributed by atoms with van der Waals surface area (Å²) in [7, 11) is 0. The number of esters is 1. The Kier molecular flexibility index (Phi) is 5.53. The lowest BCUT2D eigenvalue weighted by Gasteiger charge is -2.13. The molecule has 0 fully saturated rings. The molecule has 0 aromatic heterocycles. The summed E-state index contributed by atoms with van der Waals surface area (Å²) in [5.41, 5.74) is 4.47. The topological polar surface area (TPSA) is 26.3 Å². The van der Waals surface area contributed by atoms with Crippen molar-refractivity contribution in [1.82, 2.24) is 0 Å². The molecule has 0 heterocycles. The largest absolute Gasteiger partial charge is 0.457 e. The molecule has 0 aliphatic rings. The highest BCUT2D eigenvalue weighted by Crippen LogP contribution is 2.27. The fraction of sp³-hybridized carbons (Fsp3) is 0.0741. The standard InChI is InChI=1S/C27H22O2/c1-20(26(23-11-4-2-5-12-23)24-13-6-3-7-14-24)27(28)29-19-21-16-17-22-10-8-9-15-25(22)18-21/h2-18H,19H2,1H3. The first-order valence-electron chi connectivity index (χ1n) is 9.69. The van der Waals surface area contributed by atoms with Crippen molar-refractivity contribution in [2.45, 2.75) is 13.5 Å². The molecule has 0 bridgehead atoms. The van der Waals surface area contributed by atoms with Crippen LogP contribution in [0.1, 0.15) is 23.6 Å². The summed E-state index contributed by atoms with van der Waals surface area (Å²) in [6, 6.07) is 34.2. The van der Waals surface area contributed by atoms with Crippen LogP contribution in [-0.2, 0) is 16.1 Å². The molecular formula is C27H22O2. The number of rotatable bonds is 5. The Bertz CT molecular complexity index is 1120. The second-order valence-corrected chi connectivity index (χ2v) is 6.99. The lowest BCUT2D eigenvalue weighted by molar-refractivity contribution is -0.140. The number of hydrogen-bond acceptors (Lipinski definition) is 2. The number of fused-ring (bicyclic) bond motifs is 1. The van der Waals surface area contributed by atoms with Crippen molar-refractivity contribution in [1.29, 1.82) is 0 Å². The molecule has 29 heavy (non-hydrogen) atoms. The zero-order valence-electron chi connectivity index (χ0n) is 16.3. The van der Waals surface area contributed by atoms with Crippen LogP contribution < -0.4 is 0 Å². The molecule has 4 aromatic rings. The third-order valence-corrected chi connectivity index (χ3v) is 4.99. The zero-order chi connectivity index (χ0) is 20.1. The van der Waals surface area contributed by atoms with Crippen LogP contribution in [0.2, 0.25) is 0 Å². The van der Waals surface area contributed by atoms with Crippen molar-refractivity contribution in [2.24, 2.45) is 0 Å². The van der Waals surface area contributed by atoms with Gasteiger partial charge in [-0.05, 0) is 46.0 Å². The van der Waals surface area contributed by atoms with Crippen LogP contribution in [0, 0.1) is 0 Å². The van der Waals surface area contributed by atoms with E-state index in [4.69, 9.17) is 4.74 Å². The van der Waals surface area contributed by atoms with Gasteiger partial charge in [0.1, 0.15) is 6.61 Å². The van der Waals surface area contributed by atoms with E-state index in [0.717, 1.165) is 27.6 Å². The van der Waals surface area contributed by atoms with E-state index in [0.29, 0.717) is 5.57 Å². The van der Waals surface area contributed by atoms with Crippen LogP contribution in [0.3, 0.4) is 0 Å². The van der Waals surface area contributed by atoms with E-state index in [2.05, 4.69) is 24.3 Å². The van der Waals surface area contributed by atoms with Crippen molar-refractivity contribution in [3.05, 3.63) is 125 Å². The van der Waals surface area contributed by atoms with Gasteiger partial charge in [-0.15, -0.1) is 0 Å². The van der Waals surface area contributed by atoms with Gasteiger partial charge in [-0.25, -0.2) is 4.79 Å². The molecule has 142 valence electrons. The SMILES string of the molecule is CC(C(=O)OCc1ccc2ccccc2c1)=C(c1ccccc1)c1ccccc1. The maximum absolute atomic E-state index is 12.9. The summed E-state index contributed by atoms with van der Waals surface area (Å²) in [5, 5.41) is 2.32. The molecule has 2 nitrogen and oxygen atoms in total. The number of ether oxygens (including phenoxy) is 1. The quantitative estimate of drug-likeness (QED) is 0.296. The van der Waals surface area contributed by atoms with E-state index in [1.807, 2.05) is 85.8 Å². The van der Waals surface area contributed by atoms with Gasteiger partial charge >= 0.3 is 5.97 Å². The molecule has 0 saturated heterocycles. The Balaban J connectivity index is 1.61. The van der Waals surface area contributed by atoms with Gasteiger partial charge in [-0.1, -0.05) is 97.1 Å². The third kappa shape index (κ3) is 4.27. The number of benzene rings is 4. The third-order valence-electron chi connectivity index (χ3n) is 4.99. The molecule has 0 spiro atoms. The van der Waals surface area contributed by atoms with E-state index >= 15 is 0 Å². The first-order chi connectivity index (χ1) is 14.2. The first-order valence-corrected chi connectivity index (χ1v) is 9.69.